The maximum absolute atomic E-state index is 13.8. The highest BCUT2D eigenvalue weighted by Gasteiger charge is 2.35. The predicted molar refractivity (Wildman–Crippen MR) is 132 cm³/mol. The van der Waals surface area contributed by atoms with E-state index in [1.807, 2.05) is 30.3 Å². The Labute approximate surface area is 208 Å². The second-order valence-electron chi connectivity index (χ2n) is 8.70. The van der Waals surface area contributed by atoms with Crippen LogP contribution in [0.4, 0.5) is 13.2 Å². The van der Waals surface area contributed by atoms with Crippen molar-refractivity contribution >= 4 is 11.3 Å². The molecule has 0 saturated heterocycles. The number of aliphatic hydroxyl groups is 1. The molecule has 1 aromatic heterocycles. The third kappa shape index (κ3) is 5.57. The summed E-state index contributed by atoms with van der Waals surface area (Å²) in [7, 11) is 0. The maximum Gasteiger partial charge on any atom is 0.417 e. The Bertz CT molecular complexity index is 1410. The maximum atomic E-state index is 13.8. The van der Waals surface area contributed by atoms with Crippen molar-refractivity contribution in [3.05, 3.63) is 95.8 Å². The molecule has 0 saturated carbocycles. The highest BCUT2D eigenvalue weighted by Crippen LogP contribution is 2.38. The first kappa shape index (κ1) is 25.8. The van der Waals surface area contributed by atoms with E-state index in [-0.39, 0.29) is 23.6 Å². The van der Waals surface area contributed by atoms with E-state index < -0.39 is 28.6 Å². The van der Waals surface area contributed by atoms with Gasteiger partial charge in [0.25, 0.3) is 0 Å². The van der Waals surface area contributed by atoms with Gasteiger partial charge in [0.15, 0.2) is 0 Å². The molecule has 0 aliphatic carbocycles. The summed E-state index contributed by atoms with van der Waals surface area (Å²) in [4.78, 5) is 4.41. The molecule has 0 bridgehead atoms. The second kappa shape index (κ2) is 9.98. The van der Waals surface area contributed by atoms with Crippen LogP contribution in [-0.4, -0.2) is 23.4 Å². The number of nitrogens with one attached hydrogen (secondary N) is 1. The lowest BCUT2D eigenvalue weighted by molar-refractivity contribution is -0.137. The lowest BCUT2D eigenvalue weighted by Crippen LogP contribution is -2.16. The van der Waals surface area contributed by atoms with Gasteiger partial charge in [-0.2, -0.15) is 13.2 Å². The van der Waals surface area contributed by atoms with Gasteiger partial charge >= 0.3 is 6.18 Å². The monoisotopic (exact) mass is 515 g/mol. The van der Waals surface area contributed by atoms with E-state index in [1.165, 1.54) is 42.8 Å². The smallest absolute Gasteiger partial charge is 0.384 e. The first-order valence-corrected chi connectivity index (χ1v) is 12.1. The Morgan fingerprint density at radius 1 is 0.972 bits per heavy atom. The second-order valence-corrected chi connectivity index (χ2v) is 9.49. The minimum absolute atomic E-state index is 0.0443. The number of alkyl halides is 3. The van der Waals surface area contributed by atoms with Crippen LogP contribution in [0.15, 0.2) is 79.0 Å². The third-order valence-corrected chi connectivity index (χ3v) is 6.04. The minimum atomic E-state index is -4.59. The molecule has 3 aromatic carbocycles. The van der Waals surface area contributed by atoms with E-state index in [0.717, 1.165) is 22.8 Å². The quantitative estimate of drug-likeness (QED) is 0.277. The van der Waals surface area contributed by atoms with Gasteiger partial charge in [0.05, 0.1) is 11.3 Å². The molecule has 1 unspecified atom stereocenters. The molecule has 6 nitrogen and oxygen atoms in total. The average molecular weight is 516 g/mol. The van der Waals surface area contributed by atoms with Crippen molar-refractivity contribution in [1.82, 2.24) is 14.3 Å². The average Bonchev–Trinajstić information content (AvgIpc) is 3.29. The predicted octanol–water partition coefficient (Wildman–Crippen LogP) is 5.68. The molecule has 0 spiro atoms. The van der Waals surface area contributed by atoms with Crippen molar-refractivity contribution < 1.29 is 27.0 Å². The van der Waals surface area contributed by atoms with Gasteiger partial charge in [-0.05, 0) is 48.7 Å². The number of benzene rings is 3. The number of rotatable bonds is 7. The molecule has 0 radical (unpaired) electrons. The largest absolute Gasteiger partial charge is 0.417 e. The highest BCUT2D eigenvalue weighted by molar-refractivity contribution is 7.77. The summed E-state index contributed by atoms with van der Waals surface area (Å²) in [6.07, 6.45) is -3.06. The van der Waals surface area contributed by atoms with Gasteiger partial charge in [-0.15, -0.1) is 0 Å². The summed E-state index contributed by atoms with van der Waals surface area (Å²) in [5.74, 6) is 0.0443. The van der Waals surface area contributed by atoms with Crippen LogP contribution in [-0.2, 0) is 29.6 Å². The first-order valence-electron chi connectivity index (χ1n) is 11.0. The van der Waals surface area contributed by atoms with E-state index in [1.54, 1.807) is 18.2 Å². The normalized spacial score (nSPS) is 13.1. The molecule has 4 rings (SSSR count). The number of imidazole rings is 1. The molecular weight excluding hydrogens is 491 g/mol. The fourth-order valence-electron chi connectivity index (χ4n) is 3.91. The molecular formula is C26H24F3N3O3S. The van der Waals surface area contributed by atoms with Crippen LogP contribution in [0.3, 0.4) is 0 Å². The van der Waals surface area contributed by atoms with E-state index in [0.29, 0.717) is 5.69 Å². The van der Waals surface area contributed by atoms with E-state index in [4.69, 9.17) is 4.55 Å². The Hall–Kier alpha value is -3.31. The van der Waals surface area contributed by atoms with Crippen molar-refractivity contribution in [2.24, 2.45) is 0 Å². The number of hydrogen-bond acceptors (Lipinski definition) is 3. The van der Waals surface area contributed by atoms with Crippen LogP contribution in [0.25, 0.3) is 28.2 Å². The van der Waals surface area contributed by atoms with Gasteiger partial charge in [-0.1, -0.05) is 54.6 Å². The van der Waals surface area contributed by atoms with Crippen LogP contribution in [0.2, 0.25) is 0 Å². The molecule has 188 valence electrons. The number of halogens is 3. The Morgan fingerprint density at radius 2 is 1.64 bits per heavy atom. The zero-order valence-corrected chi connectivity index (χ0v) is 20.3. The van der Waals surface area contributed by atoms with Gasteiger partial charge in [0.1, 0.15) is 11.4 Å². The zero-order valence-electron chi connectivity index (χ0n) is 19.5. The third-order valence-electron chi connectivity index (χ3n) is 5.64. The Kier molecular flexibility index (Phi) is 7.14. The van der Waals surface area contributed by atoms with Gasteiger partial charge in [0, 0.05) is 24.0 Å². The van der Waals surface area contributed by atoms with Crippen LogP contribution in [0, 0.1) is 0 Å². The molecule has 0 amide bonds. The van der Waals surface area contributed by atoms with Gasteiger partial charge < -0.3 is 5.11 Å². The van der Waals surface area contributed by atoms with E-state index in [9.17, 15) is 22.5 Å². The van der Waals surface area contributed by atoms with Crippen LogP contribution >= 0.6 is 0 Å². The molecule has 10 heteroatoms. The molecule has 0 fully saturated rings. The summed E-state index contributed by atoms with van der Waals surface area (Å²) in [5, 5.41) is 10.6. The summed E-state index contributed by atoms with van der Waals surface area (Å²) in [6.45, 7) is 3.18. The topological polar surface area (TPSA) is 87.4 Å². The summed E-state index contributed by atoms with van der Waals surface area (Å²) < 4.78 is 65.7. The molecule has 1 heterocycles. The molecule has 0 aliphatic rings. The minimum Gasteiger partial charge on any atom is -0.384 e. The Morgan fingerprint density at radius 3 is 2.31 bits per heavy atom. The van der Waals surface area contributed by atoms with Gasteiger partial charge in [-0.3, -0.25) is 9.12 Å². The van der Waals surface area contributed by atoms with Gasteiger partial charge in [-0.25, -0.2) is 13.9 Å². The van der Waals surface area contributed by atoms with Gasteiger partial charge in [0.2, 0.25) is 11.3 Å². The van der Waals surface area contributed by atoms with Crippen molar-refractivity contribution in [1.29, 1.82) is 0 Å². The fraction of sp³-hybridized carbons (Fsp3) is 0.192. The summed E-state index contributed by atoms with van der Waals surface area (Å²) >= 11 is -2.18. The van der Waals surface area contributed by atoms with Crippen LogP contribution in [0.1, 0.15) is 30.7 Å². The highest BCUT2D eigenvalue weighted by atomic mass is 32.2. The standard InChI is InChI=1S/C26H24F3N3O3S/c1-25(2,33)23-16-32(24(31-23)21-12-5-6-13-22(21)26(27,28)29)19-10-7-9-17(14-19)20-11-4-3-8-18(20)15-30-36(34)35/h3-14,16,30,33H,15H2,1-2H3,(H,34,35). The Balaban J connectivity index is 1.89. The summed E-state index contributed by atoms with van der Waals surface area (Å²) in [5.41, 5.74) is 0.737. The lowest BCUT2D eigenvalue weighted by atomic mass is 9.99. The molecule has 3 N–H and O–H groups in total. The van der Waals surface area contributed by atoms with Crippen molar-refractivity contribution in [2.45, 2.75) is 32.2 Å². The van der Waals surface area contributed by atoms with Crippen LogP contribution < -0.4 is 4.72 Å². The SMILES string of the molecule is CC(C)(O)c1cn(-c2cccc(-c3ccccc3CNS(=O)O)c2)c(-c2ccccc2C(F)(F)F)n1. The summed E-state index contributed by atoms with van der Waals surface area (Å²) in [6, 6.07) is 19.6. The van der Waals surface area contributed by atoms with Crippen molar-refractivity contribution in [2.75, 3.05) is 0 Å². The number of hydrogen-bond donors (Lipinski definition) is 3. The molecule has 0 aliphatic heterocycles. The van der Waals surface area contributed by atoms with E-state index >= 15 is 0 Å². The molecule has 4 aromatic rings. The lowest BCUT2D eigenvalue weighted by Gasteiger charge is -2.15. The first-order chi connectivity index (χ1) is 16.9. The van der Waals surface area contributed by atoms with E-state index in [2.05, 4.69) is 9.71 Å². The fourth-order valence-corrected chi connectivity index (χ4v) is 4.18. The molecule has 1 atom stereocenters. The van der Waals surface area contributed by atoms with Crippen molar-refractivity contribution in [3.63, 3.8) is 0 Å². The zero-order chi connectivity index (χ0) is 26.1. The number of nitrogens with zero attached hydrogens (tertiary/aromatic N) is 2. The van der Waals surface area contributed by atoms with Crippen LogP contribution in [0.5, 0.6) is 0 Å². The van der Waals surface area contributed by atoms with Crippen molar-refractivity contribution in [3.8, 4) is 28.2 Å². The molecule has 36 heavy (non-hydrogen) atoms. The number of aromatic nitrogens is 2.